The van der Waals surface area contributed by atoms with E-state index < -0.39 is 5.60 Å². The molecule has 1 heterocycles. The summed E-state index contributed by atoms with van der Waals surface area (Å²) < 4.78 is 0. The van der Waals surface area contributed by atoms with Gasteiger partial charge in [-0.2, -0.15) is 0 Å². The number of nitrogens with zero attached hydrogens (tertiary/aromatic N) is 1. The van der Waals surface area contributed by atoms with E-state index in [0.29, 0.717) is 10.7 Å². The summed E-state index contributed by atoms with van der Waals surface area (Å²) in [6, 6.07) is 5.79. The molecule has 0 radical (unpaired) electrons. The quantitative estimate of drug-likeness (QED) is 0.740. The molecular formula is C13H16N2O2S. The van der Waals surface area contributed by atoms with Gasteiger partial charge in [0, 0.05) is 11.9 Å². The Hall–Kier alpha value is -1.43. The molecule has 0 fully saturated rings. The van der Waals surface area contributed by atoms with Crippen molar-refractivity contribution in [1.29, 1.82) is 0 Å². The molecule has 0 aliphatic carbocycles. The maximum Gasteiger partial charge on any atom is 0.136 e. The van der Waals surface area contributed by atoms with Crippen LogP contribution in [0.5, 0.6) is 0 Å². The fraction of sp³-hybridized carbons (Fsp3) is 0.308. The zero-order valence-corrected chi connectivity index (χ0v) is 11.2. The van der Waals surface area contributed by atoms with Crippen LogP contribution in [0.25, 0.3) is 10.4 Å². The predicted octanol–water partition coefficient (Wildman–Crippen LogP) is 1.90. The van der Waals surface area contributed by atoms with E-state index in [-0.39, 0.29) is 6.61 Å². The molecule has 0 aliphatic heterocycles. The minimum absolute atomic E-state index is 0.351. The van der Waals surface area contributed by atoms with Crippen LogP contribution in [-0.4, -0.2) is 21.8 Å². The Kier molecular flexibility index (Phi) is 3.38. The van der Waals surface area contributed by atoms with E-state index in [4.69, 9.17) is 10.8 Å². The molecular weight excluding hydrogens is 248 g/mol. The first kappa shape index (κ1) is 13.0. The third-order valence-electron chi connectivity index (χ3n) is 2.66. The zero-order valence-electron chi connectivity index (χ0n) is 10.3. The molecule has 2 aromatic rings. The molecule has 4 N–H and O–H groups in total. The van der Waals surface area contributed by atoms with Crippen molar-refractivity contribution in [3.63, 3.8) is 0 Å². The summed E-state index contributed by atoms with van der Waals surface area (Å²) in [6.45, 7) is 3.17. The number of aromatic nitrogens is 1. The van der Waals surface area contributed by atoms with E-state index in [1.807, 2.05) is 25.1 Å². The number of aliphatic hydroxyl groups excluding tert-OH is 1. The van der Waals surface area contributed by atoms with Crippen molar-refractivity contribution in [2.45, 2.75) is 19.4 Å². The zero-order chi connectivity index (χ0) is 13.3. The van der Waals surface area contributed by atoms with Crippen LogP contribution in [0.15, 0.2) is 24.4 Å². The van der Waals surface area contributed by atoms with Crippen LogP contribution in [0.4, 0.5) is 5.69 Å². The Labute approximate surface area is 110 Å². The number of aryl methyl sites for hydroxylation is 1. The standard InChI is InChI=1S/C13H16N2O2S/c1-8-3-9(5-10(14)4-8)11-6-15-12(18-11)13(2,17)7-16/h3-6,16-17H,7,14H2,1-2H3. The monoisotopic (exact) mass is 264 g/mol. The minimum Gasteiger partial charge on any atom is -0.399 e. The van der Waals surface area contributed by atoms with Crippen molar-refractivity contribution < 1.29 is 10.2 Å². The van der Waals surface area contributed by atoms with Gasteiger partial charge in [0.05, 0.1) is 11.5 Å². The van der Waals surface area contributed by atoms with Gasteiger partial charge in [-0.05, 0) is 37.1 Å². The number of thiazole rings is 1. The summed E-state index contributed by atoms with van der Waals surface area (Å²) in [7, 11) is 0. The van der Waals surface area contributed by atoms with Crippen molar-refractivity contribution >= 4 is 17.0 Å². The first-order chi connectivity index (χ1) is 8.42. The van der Waals surface area contributed by atoms with E-state index >= 15 is 0 Å². The van der Waals surface area contributed by atoms with E-state index in [1.165, 1.54) is 11.3 Å². The number of benzene rings is 1. The summed E-state index contributed by atoms with van der Waals surface area (Å²) in [4.78, 5) is 5.09. The van der Waals surface area contributed by atoms with Crippen LogP contribution in [0.2, 0.25) is 0 Å². The van der Waals surface area contributed by atoms with Gasteiger partial charge >= 0.3 is 0 Å². The molecule has 96 valence electrons. The Bertz CT molecular complexity index is 544. The number of hydrogen-bond acceptors (Lipinski definition) is 5. The van der Waals surface area contributed by atoms with Crippen LogP contribution in [-0.2, 0) is 5.60 Å². The summed E-state index contributed by atoms with van der Waals surface area (Å²) in [5.74, 6) is 0. The van der Waals surface area contributed by atoms with Gasteiger partial charge in [0.15, 0.2) is 0 Å². The van der Waals surface area contributed by atoms with Crippen LogP contribution in [0.3, 0.4) is 0 Å². The first-order valence-electron chi connectivity index (χ1n) is 5.59. The highest BCUT2D eigenvalue weighted by atomic mass is 32.1. The lowest BCUT2D eigenvalue weighted by molar-refractivity contribution is -0.00244. The fourth-order valence-electron chi connectivity index (χ4n) is 1.68. The molecule has 1 atom stereocenters. The molecule has 0 bridgehead atoms. The number of hydrogen-bond donors (Lipinski definition) is 3. The number of anilines is 1. The predicted molar refractivity (Wildman–Crippen MR) is 73.4 cm³/mol. The minimum atomic E-state index is -1.29. The number of rotatable bonds is 3. The molecule has 5 heteroatoms. The summed E-state index contributed by atoms with van der Waals surface area (Å²) >= 11 is 1.36. The van der Waals surface area contributed by atoms with Gasteiger partial charge in [0.1, 0.15) is 10.6 Å². The molecule has 0 amide bonds. The van der Waals surface area contributed by atoms with Crippen molar-refractivity contribution in [2.75, 3.05) is 12.3 Å². The van der Waals surface area contributed by atoms with Crippen molar-refractivity contribution in [2.24, 2.45) is 0 Å². The van der Waals surface area contributed by atoms with Crippen LogP contribution in [0.1, 0.15) is 17.5 Å². The number of nitrogen functional groups attached to an aromatic ring is 1. The number of nitrogens with two attached hydrogens (primary N) is 1. The Morgan fingerprint density at radius 3 is 2.72 bits per heavy atom. The van der Waals surface area contributed by atoms with E-state index in [1.54, 1.807) is 13.1 Å². The second kappa shape index (κ2) is 4.68. The van der Waals surface area contributed by atoms with Gasteiger partial charge in [-0.25, -0.2) is 4.98 Å². The van der Waals surface area contributed by atoms with Crippen molar-refractivity contribution in [3.05, 3.63) is 35.0 Å². The lowest BCUT2D eigenvalue weighted by Crippen LogP contribution is -2.25. The van der Waals surface area contributed by atoms with Crippen LogP contribution < -0.4 is 5.73 Å². The van der Waals surface area contributed by atoms with Gasteiger partial charge in [0.2, 0.25) is 0 Å². The second-order valence-corrected chi connectivity index (χ2v) is 5.62. The summed E-state index contributed by atoms with van der Waals surface area (Å²) in [5.41, 5.74) is 7.27. The maximum atomic E-state index is 9.94. The molecule has 1 aromatic carbocycles. The maximum absolute atomic E-state index is 9.94. The fourth-order valence-corrected chi connectivity index (χ4v) is 2.62. The third-order valence-corrected chi connectivity index (χ3v) is 3.96. The highest BCUT2D eigenvalue weighted by Gasteiger charge is 2.26. The van der Waals surface area contributed by atoms with E-state index in [9.17, 15) is 5.11 Å². The second-order valence-electron chi connectivity index (χ2n) is 4.59. The van der Waals surface area contributed by atoms with Crippen LogP contribution >= 0.6 is 11.3 Å². The average molecular weight is 264 g/mol. The molecule has 0 saturated carbocycles. The lowest BCUT2D eigenvalue weighted by atomic mass is 10.1. The first-order valence-corrected chi connectivity index (χ1v) is 6.41. The normalized spacial score (nSPS) is 14.4. The highest BCUT2D eigenvalue weighted by molar-refractivity contribution is 7.15. The van der Waals surface area contributed by atoms with E-state index in [0.717, 1.165) is 16.0 Å². The summed E-state index contributed by atoms with van der Waals surface area (Å²) in [5, 5.41) is 19.5. The van der Waals surface area contributed by atoms with Gasteiger partial charge in [-0.3, -0.25) is 0 Å². The van der Waals surface area contributed by atoms with Gasteiger partial charge < -0.3 is 15.9 Å². The number of aliphatic hydroxyl groups is 2. The molecule has 0 spiro atoms. The topological polar surface area (TPSA) is 79.4 Å². The van der Waals surface area contributed by atoms with Gasteiger partial charge in [-0.15, -0.1) is 11.3 Å². The SMILES string of the molecule is Cc1cc(N)cc(-c2cnc(C(C)(O)CO)s2)c1. The van der Waals surface area contributed by atoms with Crippen molar-refractivity contribution in [3.8, 4) is 10.4 Å². The molecule has 18 heavy (non-hydrogen) atoms. The Morgan fingerprint density at radius 1 is 1.39 bits per heavy atom. The van der Waals surface area contributed by atoms with Gasteiger partial charge in [-0.1, -0.05) is 6.07 Å². The Morgan fingerprint density at radius 2 is 2.11 bits per heavy atom. The Balaban J connectivity index is 2.41. The molecule has 0 aliphatic rings. The third kappa shape index (κ3) is 2.53. The molecule has 4 nitrogen and oxygen atoms in total. The molecule has 1 unspecified atom stereocenters. The average Bonchev–Trinajstić information content (AvgIpc) is 2.77. The highest BCUT2D eigenvalue weighted by Crippen LogP contribution is 2.32. The van der Waals surface area contributed by atoms with Crippen LogP contribution in [0, 0.1) is 6.92 Å². The molecule has 0 saturated heterocycles. The molecule has 1 aromatic heterocycles. The van der Waals surface area contributed by atoms with E-state index in [2.05, 4.69) is 4.98 Å². The van der Waals surface area contributed by atoms with Gasteiger partial charge in [0.25, 0.3) is 0 Å². The smallest absolute Gasteiger partial charge is 0.136 e. The van der Waals surface area contributed by atoms with Crippen molar-refractivity contribution in [1.82, 2.24) is 4.98 Å². The molecule has 2 rings (SSSR count). The summed E-state index contributed by atoms with van der Waals surface area (Å²) in [6.07, 6.45) is 1.69. The largest absolute Gasteiger partial charge is 0.399 e. The lowest BCUT2D eigenvalue weighted by Gasteiger charge is -2.16.